The van der Waals surface area contributed by atoms with Gasteiger partial charge in [-0.1, -0.05) is 55.3 Å². The number of benzene rings is 2. The van der Waals surface area contributed by atoms with Gasteiger partial charge in [-0.15, -0.1) is 0 Å². The predicted octanol–water partition coefficient (Wildman–Crippen LogP) is 3.65. The fraction of sp³-hybridized carbons (Fsp3) is 0.353. The lowest BCUT2D eigenvalue weighted by Crippen LogP contribution is -2.28. The van der Waals surface area contributed by atoms with Crippen molar-refractivity contribution in [3.8, 4) is 0 Å². The van der Waals surface area contributed by atoms with Crippen LogP contribution < -0.4 is 5.32 Å². The van der Waals surface area contributed by atoms with Crippen LogP contribution in [0.2, 0.25) is 0 Å². The average Bonchev–Trinajstić information content (AvgIpc) is 2.99. The molecule has 98 valence electrons. The van der Waals surface area contributed by atoms with Crippen molar-refractivity contribution in [2.24, 2.45) is 5.92 Å². The molecule has 2 aromatic rings. The first-order valence-electron chi connectivity index (χ1n) is 7.09. The molecule has 1 N–H and O–H groups in total. The summed E-state index contributed by atoms with van der Waals surface area (Å²) in [5, 5.41) is 5.56. The van der Waals surface area contributed by atoms with Crippen molar-refractivity contribution in [3.63, 3.8) is 0 Å². The Labute approximate surface area is 113 Å². The fourth-order valence-electron chi connectivity index (χ4n) is 2.96. The molecule has 2 heteroatoms. The summed E-state index contributed by atoms with van der Waals surface area (Å²) >= 11 is 0. The first-order chi connectivity index (χ1) is 9.34. The monoisotopic (exact) mass is 253 g/mol. The van der Waals surface area contributed by atoms with Crippen molar-refractivity contribution < 1.29 is 4.79 Å². The van der Waals surface area contributed by atoms with Crippen LogP contribution >= 0.6 is 0 Å². The number of hydrogen-bond acceptors (Lipinski definition) is 1. The largest absolute Gasteiger partial charge is 0.352 e. The van der Waals surface area contributed by atoms with Gasteiger partial charge in [-0.25, -0.2) is 0 Å². The van der Waals surface area contributed by atoms with Gasteiger partial charge in [-0.2, -0.15) is 0 Å². The maximum atomic E-state index is 12.0. The number of fused-ring (bicyclic) bond motifs is 1. The minimum absolute atomic E-state index is 0.227. The summed E-state index contributed by atoms with van der Waals surface area (Å²) in [5.41, 5.74) is 1.20. The van der Waals surface area contributed by atoms with Gasteiger partial charge in [0.25, 0.3) is 0 Å². The maximum absolute atomic E-state index is 12.0. The molecule has 1 fully saturated rings. The average molecular weight is 253 g/mol. The molecule has 0 bridgehead atoms. The third-order valence-corrected chi connectivity index (χ3v) is 4.06. The molecular formula is C17H19NO. The van der Waals surface area contributed by atoms with E-state index in [1.165, 1.54) is 29.2 Å². The molecule has 3 rings (SSSR count). The Kier molecular flexibility index (Phi) is 3.49. The Balaban J connectivity index is 1.73. The van der Waals surface area contributed by atoms with Crippen LogP contribution in [-0.2, 0) is 11.3 Å². The van der Waals surface area contributed by atoms with E-state index in [9.17, 15) is 4.79 Å². The zero-order valence-electron chi connectivity index (χ0n) is 11.1. The molecule has 1 saturated carbocycles. The van der Waals surface area contributed by atoms with E-state index in [0.29, 0.717) is 6.54 Å². The van der Waals surface area contributed by atoms with Gasteiger partial charge in [0.15, 0.2) is 0 Å². The molecule has 0 unspecified atom stereocenters. The highest BCUT2D eigenvalue weighted by molar-refractivity contribution is 5.86. The second kappa shape index (κ2) is 5.43. The van der Waals surface area contributed by atoms with Crippen molar-refractivity contribution in [2.75, 3.05) is 0 Å². The summed E-state index contributed by atoms with van der Waals surface area (Å²) in [6.07, 6.45) is 4.52. The Morgan fingerprint density at radius 1 is 1.05 bits per heavy atom. The molecule has 2 aromatic carbocycles. The van der Waals surface area contributed by atoms with Crippen LogP contribution in [0.25, 0.3) is 10.8 Å². The summed E-state index contributed by atoms with van der Waals surface area (Å²) < 4.78 is 0. The van der Waals surface area contributed by atoms with E-state index in [0.717, 1.165) is 12.8 Å². The molecule has 1 amide bonds. The second-order valence-corrected chi connectivity index (χ2v) is 5.34. The Hall–Kier alpha value is -1.83. The van der Waals surface area contributed by atoms with Gasteiger partial charge in [0.2, 0.25) is 5.91 Å². The number of nitrogens with one attached hydrogen (secondary N) is 1. The van der Waals surface area contributed by atoms with Gasteiger partial charge < -0.3 is 5.32 Å². The molecule has 0 spiro atoms. The number of carbonyl (C=O) groups is 1. The van der Waals surface area contributed by atoms with Gasteiger partial charge in [0.1, 0.15) is 0 Å². The van der Waals surface area contributed by atoms with Crippen LogP contribution in [0, 0.1) is 5.92 Å². The summed E-state index contributed by atoms with van der Waals surface area (Å²) in [4.78, 5) is 12.0. The molecule has 1 aliphatic rings. The van der Waals surface area contributed by atoms with E-state index in [1.54, 1.807) is 0 Å². The number of rotatable bonds is 3. The van der Waals surface area contributed by atoms with Crippen molar-refractivity contribution in [3.05, 3.63) is 48.0 Å². The number of hydrogen-bond donors (Lipinski definition) is 1. The second-order valence-electron chi connectivity index (χ2n) is 5.34. The molecule has 19 heavy (non-hydrogen) atoms. The zero-order chi connectivity index (χ0) is 13.1. The van der Waals surface area contributed by atoms with Crippen LogP contribution in [-0.4, -0.2) is 5.91 Å². The molecule has 1 aliphatic carbocycles. The van der Waals surface area contributed by atoms with E-state index in [4.69, 9.17) is 0 Å². The van der Waals surface area contributed by atoms with Crippen LogP contribution in [0.5, 0.6) is 0 Å². The van der Waals surface area contributed by atoms with E-state index in [1.807, 2.05) is 12.1 Å². The van der Waals surface area contributed by atoms with Crippen LogP contribution in [0.3, 0.4) is 0 Å². The molecule has 0 saturated heterocycles. The summed E-state index contributed by atoms with van der Waals surface area (Å²) in [6, 6.07) is 14.6. The highest BCUT2D eigenvalue weighted by Gasteiger charge is 2.22. The van der Waals surface area contributed by atoms with Crippen LogP contribution in [0.1, 0.15) is 31.2 Å². The minimum atomic E-state index is 0.227. The Morgan fingerprint density at radius 2 is 1.79 bits per heavy atom. The highest BCUT2D eigenvalue weighted by Crippen LogP contribution is 2.25. The Bertz CT molecular complexity index is 579. The van der Waals surface area contributed by atoms with Crippen molar-refractivity contribution in [2.45, 2.75) is 32.2 Å². The van der Waals surface area contributed by atoms with E-state index in [-0.39, 0.29) is 11.8 Å². The predicted molar refractivity (Wildman–Crippen MR) is 77.8 cm³/mol. The molecule has 2 nitrogen and oxygen atoms in total. The lowest BCUT2D eigenvalue weighted by molar-refractivity contribution is -0.124. The summed E-state index contributed by atoms with van der Waals surface area (Å²) in [7, 11) is 0. The number of carbonyl (C=O) groups excluding carboxylic acids is 1. The van der Waals surface area contributed by atoms with Crippen LogP contribution in [0.4, 0.5) is 0 Å². The van der Waals surface area contributed by atoms with Gasteiger partial charge >= 0.3 is 0 Å². The molecular weight excluding hydrogens is 234 g/mol. The topological polar surface area (TPSA) is 29.1 Å². The van der Waals surface area contributed by atoms with Gasteiger partial charge in [0, 0.05) is 12.5 Å². The maximum Gasteiger partial charge on any atom is 0.223 e. The molecule has 0 heterocycles. The summed E-state index contributed by atoms with van der Waals surface area (Å²) in [5.74, 6) is 0.473. The Morgan fingerprint density at radius 3 is 2.63 bits per heavy atom. The first-order valence-corrected chi connectivity index (χ1v) is 7.09. The van der Waals surface area contributed by atoms with E-state index < -0.39 is 0 Å². The zero-order valence-corrected chi connectivity index (χ0v) is 11.1. The fourth-order valence-corrected chi connectivity index (χ4v) is 2.96. The van der Waals surface area contributed by atoms with Crippen molar-refractivity contribution in [1.82, 2.24) is 5.32 Å². The lowest BCUT2D eigenvalue weighted by Gasteiger charge is -2.12. The van der Waals surface area contributed by atoms with Crippen molar-refractivity contribution in [1.29, 1.82) is 0 Å². The van der Waals surface area contributed by atoms with E-state index in [2.05, 4.69) is 35.6 Å². The minimum Gasteiger partial charge on any atom is -0.352 e. The van der Waals surface area contributed by atoms with Gasteiger partial charge in [-0.3, -0.25) is 4.79 Å². The first kappa shape index (κ1) is 12.2. The number of amides is 1. The molecule has 0 atom stereocenters. The van der Waals surface area contributed by atoms with Crippen LogP contribution in [0.15, 0.2) is 42.5 Å². The third-order valence-electron chi connectivity index (χ3n) is 4.06. The van der Waals surface area contributed by atoms with Gasteiger partial charge in [0.05, 0.1) is 0 Å². The SMILES string of the molecule is O=C(NCc1cccc2ccccc12)C1CCCC1. The molecule has 0 aromatic heterocycles. The molecule has 0 aliphatic heterocycles. The van der Waals surface area contributed by atoms with Gasteiger partial charge in [-0.05, 0) is 29.2 Å². The summed E-state index contributed by atoms with van der Waals surface area (Å²) in [6.45, 7) is 0.636. The quantitative estimate of drug-likeness (QED) is 0.889. The standard InChI is InChI=1S/C17H19NO/c19-17(14-7-1-2-8-14)18-12-15-10-5-9-13-6-3-4-11-16(13)15/h3-6,9-11,14H,1-2,7-8,12H2,(H,18,19). The van der Waals surface area contributed by atoms with E-state index >= 15 is 0 Å². The highest BCUT2D eigenvalue weighted by atomic mass is 16.1. The smallest absolute Gasteiger partial charge is 0.223 e. The normalized spacial score (nSPS) is 15.8. The third kappa shape index (κ3) is 2.62. The molecule has 0 radical (unpaired) electrons. The van der Waals surface area contributed by atoms with Crippen molar-refractivity contribution >= 4 is 16.7 Å². The lowest BCUT2D eigenvalue weighted by atomic mass is 10.0.